The van der Waals surface area contributed by atoms with Crippen LogP contribution in [-0.4, -0.2) is 56.1 Å². The summed E-state index contributed by atoms with van der Waals surface area (Å²) in [6.45, 7) is 1.12. The van der Waals surface area contributed by atoms with Crippen molar-refractivity contribution in [1.82, 2.24) is 15.5 Å². The van der Waals surface area contributed by atoms with E-state index in [0.717, 1.165) is 4.90 Å². The molecule has 1 aromatic rings. The zero-order valence-electron chi connectivity index (χ0n) is 13.1. The molecule has 2 unspecified atom stereocenters. The lowest BCUT2D eigenvalue weighted by Gasteiger charge is -2.33. The van der Waals surface area contributed by atoms with Crippen LogP contribution in [0.15, 0.2) is 35.9 Å². The molecule has 0 radical (unpaired) electrons. The van der Waals surface area contributed by atoms with Crippen molar-refractivity contribution in [3.05, 3.63) is 41.5 Å². The number of carbonyl (C=O) groups is 3. The molecular weight excluding hydrogens is 346 g/mol. The number of carbonyl (C=O) groups excluding carboxylic acids is 3. The predicted octanol–water partition coefficient (Wildman–Crippen LogP) is -0.552. The second-order valence-electron chi connectivity index (χ2n) is 5.80. The number of benzene rings is 1. The fourth-order valence-electron chi connectivity index (χ4n) is 3.00. The average molecular weight is 361 g/mol. The standard InChI is InChI=1S/C16H15N3O5S/c1-8(20)7-19-13(23)12(22)10(11(21)9-5-3-2-4-6-9)16(19)14(24)17-15(25)18-16/h2-6,8,20-21H,7H2,1H3,(H2,17,18,24,25)/b11-10-. The molecule has 2 heterocycles. The summed E-state index contributed by atoms with van der Waals surface area (Å²) in [6.07, 6.45) is -1.00. The Hall–Kier alpha value is -2.78. The Morgan fingerprint density at radius 1 is 1.28 bits per heavy atom. The van der Waals surface area contributed by atoms with Gasteiger partial charge in [0.15, 0.2) is 5.11 Å². The summed E-state index contributed by atoms with van der Waals surface area (Å²) in [5.74, 6) is -3.31. The molecule has 1 spiro atoms. The first-order valence-corrected chi connectivity index (χ1v) is 7.87. The van der Waals surface area contributed by atoms with E-state index in [1.165, 1.54) is 19.1 Å². The van der Waals surface area contributed by atoms with Gasteiger partial charge in [0.25, 0.3) is 17.6 Å². The minimum Gasteiger partial charge on any atom is -0.507 e. The van der Waals surface area contributed by atoms with Crippen molar-refractivity contribution in [3.8, 4) is 0 Å². The van der Waals surface area contributed by atoms with Crippen LogP contribution in [0.2, 0.25) is 0 Å². The number of Topliss-reactive ketones (excluding diaryl/α,β-unsaturated/α-hetero) is 1. The summed E-state index contributed by atoms with van der Waals surface area (Å²) in [4.78, 5) is 38.5. The molecule has 2 aliphatic heterocycles. The lowest BCUT2D eigenvalue weighted by atomic mass is 9.95. The van der Waals surface area contributed by atoms with Crippen molar-refractivity contribution in [3.63, 3.8) is 0 Å². The summed E-state index contributed by atoms with van der Waals surface area (Å²) in [5.41, 5.74) is -2.13. The van der Waals surface area contributed by atoms with E-state index in [1.54, 1.807) is 18.2 Å². The Kier molecular flexibility index (Phi) is 4.05. The van der Waals surface area contributed by atoms with Crippen LogP contribution in [0.3, 0.4) is 0 Å². The quantitative estimate of drug-likeness (QED) is 0.247. The Balaban J connectivity index is 2.26. The van der Waals surface area contributed by atoms with E-state index in [0.29, 0.717) is 0 Å². The van der Waals surface area contributed by atoms with Crippen molar-refractivity contribution in [1.29, 1.82) is 0 Å². The summed E-state index contributed by atoms with van der Waals surface area (Å²) in [7, 11) is 0. The molecule has 130 valence electrons. The van der Waals surface area contributed by atoms with Crippen LogP contribution in [0.5, 0.6) is 0 Å². The number of aliphatic hydroxyl groups is 2. The first kappa shape index (κ1) is 17.1. The van der Waals surface area contributed by atoms with Crippen molar-refractivity contribution < 1.29 is 24.6 Å². The normalized spacial score (nSPS) is 26.1. The molecule has 0 aromatic heterocycles. The Morgan fingerprint density at radius 3 is 2.44 bits per heavy atom. The highest BCUT2D eigenvalue weighted by Gasteiger charge is 2.64. The van der Waals surface area contributed by atoms with E-state index in [-0.39, 0.29) is 17.2 Å². The van der Waals surface area contributed by atoms with E-state index < -0.39 is 40.7 Å². The second kappa shape index (κ2) is 5.94. The third-order valence-corrected chi connectivity index (χ3v) is 4.22. The fourth-order valence-corrected chi connectivity index (χ4v) is 3.24. The van der Waals surface area contributed by atoms with Gasteiger partial charge in [0.05, 0.1) is 6.10 Å². The van der Waals surface area contributed by atoms with E-state index in [1.807, 2.05) is 0 Å². The molecule has 4 N–H and O–H groups in total. The molecule has 8 nitrogen and oxygen atoms in total. The molecule has 2 saturated heterocycles. The molecule has 2 fully saturated rings. The van der Waals surface area contributed by atoms with Gasteiger partial charge in [-0.3, -0.25) is 24.6 Å². The SMILES string of the molecule is CC(O)CN1C(=O)C(=O)/C(=C(/O)c2ccccc2)C12NC(=S)NC2=O. The van der Waals surface area contributed by atoms with Crippen LogP contribution >= 0.6 is 12.2 Å². The minimum atomic E-state index is -1.98. The van der Waals surface area contributed by atoms with Gasteiger partial charge in [-0.1, -0.05) is 30.3 Å². The minimum absolute atomic E-state index is 0.0820. The number of aliphatic hydroxyl groups excluding tert-OH is 2. The van der Waals surface area contributed by atoms with Crippen molar-refractivity contribution in [2.75, 3.05) is 6.54 Å². The van der Waals surface area contributed by atoms with Crippen molar-refractivity contribution in [2.24, 2.45) is 0 Å². The monoisotopic (exact) mass is 361 g/mol. The third-order valence-electron chi connectivity index (χ3n) is 4.01. The summed E-state index contributed by atoms with van der Waals surface area (Å²) >= 11 is 4.95. The molecule has 2 amide bonds. The van der Waals surface area contributed by atoms with Crippen LogP contribution in [-0.2, 0) is 14.4 Å². The van der Waals surface area contributed by atoms with Gasteiger partial charge in [-0.2, -0.15) is 0 Å². The lowest BCUT2D eigenvalue weighted by Crippen LogP contribution is -2.60. The highest BCUT2D eigenvalue weighted by molar-refractivity contribution is 7.80. The van der Waals surface area contributed by atoms with E-state index in [2.05, 4.69) is 10.6 Å². The van der Waals surface area contributed by atoms with Crippen LogP contribution in [0.1, 0.15) is 12.5 Å². The van der Waals surface area contributed by atoms with Gasteiger partial charge in [-0.25, -0.2) is 0 Å². The Bertz CT molecular complexity index is 820. The Labute approximate surface area is 148 Å². The highest BCUT2D eigenvalue weighted by Crippen LogP contribution is 2.37. The molecule has 0 bridgehead atoms. The average Bonchev–Trinajstić information content (AvgIpc) is 2.96. The lowest BCUT2D eigenvalue weighted by molar-refractivity contribution is -0.145. The third kappa shape index (κ3) is 2.48. The molecule has 1 aromatic carbocycles. The van der Waals surface area contributed by atoms with Crippen LogP contribution in [0.25, 0.3) is 5.76 Å². The zero-order chi connectivity index (χ0) is 18.4. The van der Waals surface area contributed by atoms with Gasteiger partial charge in [0.2, 0.25) is 5.66 Å². The maximum Gasteiger partial charge on any atom is 0.297 e. The number of amides is 2. The summed E-state index contributed by atoms with van der Waals surface area (Å²) in [6, 6.07) is 8.07. The maximum absolute atomic E-state index is 12.6. The number of hydrogen-bond acceptors (Lipinski definition) is 6. The molecule has 2 atom stereocenters. The predicted molar refractivity (Wildman–Crippen MR) is 91.0 cm³/mol. The van der Waals surface area contributed by atoms with Gasteiger partial charge >= 0.3 is 0 Å². The number of rotatable bonds is 3. The maximum atomic E-state index is 12.6. The van der Waals surface area contributed by atoms with E-state index in [4.69, 9.17) is 12.2 Å². The van der Waals surface area contributed by atoms with Gasteiger partial charge in [-0.15, -0.1) is 0 Å². The number of thiocarbonyl (C=S) groups is 1. The van der Waals surface area contributed by atoms with Crippen LogP contribution in [0, 0.1) is 0 Å². The smallest absolute Gasteiger partial charge is 0.297 e. The molecule has 2 aliphatic rings. The second-order valence-corrected chi connectivity index (χ2v) is 6.21. The summed E-state index contributed by atoms with van der Waals surface area (Å²) < 4.78 is 0. The van der Waals surface area contributed by atoms with Crippen molar-refractivity contribution >= 4 is 40.7 Å². The molecule has 3 rings (SSSR count). The summed E-state index contributed by atoms with van der Waals surface area (Å²) in [5, 5.41) is 25.2. The fraction of sp³-hybridized carbons (Fsp3) is 0.250. The molecule has 25 heavy (non-hydrogen) atoms. The molecule has 0 aliphatic carbocycles. The van der Waals surface area contributed by atoms with Crippen molar-refractivity contribution in [2.45, 2.75) is 18.7 Å². The van der Waals surface area contributed by atoms with Gasteiger partial charge < -0.3 is 15.5 Å². The first-order valence-electron chi connectivity index (χ1n) is 7.46. The topological polar surface area (TPSA) is 119 Å². The molecule has 0 saturated carbocycles. The van der Waals surface area contributed by atoms with Gasteiger partial charge in [0, 0.05) is 12.1 Å². The first-order chi connectivity index (χ1) is 11.8. The number of likely N-dealkylation sites (tertiary alicyclic amines) is 1. The van der Waals surface area contributed by atoms with Gasteiger partial charge in [0.1, 0.15) is 11.3 Å². The van der Waals surface area contributed by atoms with E-state index in [9.17, 15) is 24.6 Å². The number of ketones is 1. The van der Waals surface area contributed by atoms with Crippen LogP contribution in [0.4, 0.5) is 0 Å². The van der Waals surface area contributed by atoms with Crippen LogP contribution < -0.4 is 10.6 Å². The van der Waals surface area contributed by atoms with E-state index >= 15 is 0 Å². The zero-order valence-corrected chi connectivity index (χ0v) is 14.0. The molecular formula is C16H15N3O5S. The number of nitrogens with zero attached hydrogens (tertiary/aromatic N) is 1. The number of hydrogen-bond donors (Lipinski definition) is 4. The van der Waals surface area contributed by atoms with Gasteiger partial charge in [-0.05, 0) is 19.1 Å². The number of nitrogens with one attached hydrogen (secondary N) is 2. The Morgan fingerprint density at radius 2 is 1.92 bits per heavy atom. The largest absolute Gasteiger partial charge is 0.507 e. The highest BCUT2D eigenvalue weighted by atomic mass is 32.1. The number of β-amino-alcohol motifs (C(OH)–C–C–N with tert-alkyl or cyclic N) is 1. The molecule has 9 heteroatoms.